The average Bonchev–Trinajstić information content (AvgIpc) is 2.77. The predicted molar refractivity (Wildman–Crippen MR) is 74.6 cm³/mol. The molecular formula is C14H19N3O2. The van der Waals surface area contributed by atoms with Crippen molar-refractivity contribution < 1.29 is 9.90 Å². The van der Waals surface area contributed by atoms with Gasteiger partial charge >= 0.3 is 6.09 Å². The number of nitrogens with zero attached hydrogens (tertiary/aromatic N) is 2. The minimum atomic E-state index is -0.972. The number of hydrogen-bond donors (Lipinski definition) is 2. The zero-order valence-electron chi connectivity index (χ0n) is 11.1. The second-order valence-corrected chi connectivity index (χ2v) is 4.65. The van der Waals surface area contributed by atoms with Gasteiger partial charge in [-0.05, 0) is 24.5 Å². The molecule has 102 valence electrons. The van der Waals surface area contributed by atoms with Crippen molar-refractivity contribution in [2.24, 2.45) is 4.99 Å². The summed E-state index contributed by atoms with van der Waals surface area (Å²) in [6, 6.07) is 8.31. The van der Waals surface area contributed by atoms with Crippen LogP contribution in [-0.4, -0.2) is 41.6 Å². The minimum Gasteiger partial charge on any atom is -0.465 e. The van der Waals surface area contributed by atoms with E-state index in [4.69, 9.17) is 5.11 Å². The van der Waals surface area contributed by atoms with Gasteiger partial charge in [-0.2, -0.15) is 0 Å². The molecule has 2 N–H and O–H groups in total. The molecular weight excluding hydrogens is 242 g/mol. The van der Waals surface area contributed by atoms with Gasteiger partial charge in [-0.15, -0.1) is 0 Å². The number of nitrogens with one attached hydrogen (secondary N) is 1. The Morgan fingerprint density at radius 3 is 2.63 bits per heavy atom. The van der Waals surface area contributed by atoms with Crippen molar-refractivity contribution in [2.75, 3.05) is 19.6 Å². The summed E-state index contributed by atoms with van der Waals surface area (Å²) in [5, 5.41) is 10.9. The van der Waals surface area contributed by atoms with Gasteiger partial charge in [0, 0.05) is 19.6 Å². The lowest BCUT2D eigenvalue weighted by atomic mass is 10.1. The van der Waals surface area contributed by atoms with Crippen LogP contribution in [0.15, 0.2) is 29.3 Å². The summed E-state index contributed by atoms with van der Waals surface area (Å²) in [5.41, 5.74) is 2.40. The highest BCUT2D eigenvalue weighted by atomic mass is 16.4. The van der Waals surface area contributed by atoms with Gasteiger partial charge in [0.1, 0.15) is 0 Å². The van der Waals surface area contributed by atoms with E-state index >= 15 is 0 Å². The Balaban J connectivity index is 1.84. The average molecular weight is 261 g/mol. The zero-order chi connectivity index (χ0) is 13.7. The first-order chi connectivity index (χ1) is 9.15. The van der Waals surface area contributed by atoms with Gasteiger partial charge in [0.05, 0.1) is 12.4 Å². The predicted octanol–water partition coefficient (Wildman–Crippen LogP) is 1.73. The maximum atomic E-state index is 10.3. The van der Waals surface area contributed by atoms with E-state index in [0.717, 1.165) is 37.5 Å². The monoisotopic (exact) mass is 261 g/mol. The van der Waals surface area contributed by atoms with Crippen molar-refractivity contribution in [3.05, 3.63) is 35.4 Å². The fourth-order valence-corrected chi connectivity index (χ4v) is 2.13. The largest absolute Gasteiger partial charge is 0.465 e. The molecule has 0 aliphatic carbocycles. The van der Waals surface area contributed by atoms with Gasteiger partial charge in [0.2, 0.25) is 0 Å². The van der Waals surface area contributed by atoms with E-state index in [-0.39, 0.29) is 0 Å². The number of rotatable bonds is 5. The molecule has 1 aliphatic rings. The van der Waals surface area contributed by atoms with Crippen molar-refractivity contribution >= 4 is 11.9 Å². The number of carboxylic acid groups (broad SMARTS) is 1. The first-order valence-electron chi connectivity index (χ1n) is 6.46. The second kappa shape index (κ2) is 6.22. The van der Waals surface area contributed by atoms with E-state index in [9.17, 15) is 4.79 Å². The first-order valence-corrected chi connectivity index (χ1v) is 6.46. The molecule has 0 atom stereocenters. The number of amidine groups is 1. The highest BCUT2D eigenvalue weighted by molar-refractivity contribution is 5.81. The first kappa shape index (κ1) is 13.4. The van der Waals surface area contributed by atoms with Gasteiger partial charge in [-0.3, -0.25) is 4.99 Å². The number of amides is 1. The highest BCUT2D eigenvalue weighted by Crippen LogP contribution is 2.11. The molecule has 1 amide bonds. The third kappa shape index (κ3) is 3.98. The molecule has 0 saturated heterocycles. The highest BCUT2D eigenvalue weighted by Gasteiger charge is 2.12. The number of benzene rings is 1. The fourth-order valence-electron chi connectivity index (χ4n) is 2.13. The molecule has 1 aromatic rings. The van der Waals surface area contributed by atoms with Gasteiger partial charge in [-0.1, -0.05) is 24.3 Å². The molecule has 0 aromatic heterocycles. The number of aliphatic imine (C=N–C) groups is 1. The Morgan fingerprint density at radius 1 is 1.37 bits per heavy atom. The molecule has 0 bridgehead atoms. The van der Waals surface area contributed by atoms with Crippen LogP contribution in [0.3, 0.4) is 0 Å². The molecule has 0 radical (unpaired) electrons. The van der Waals surface area contributed by atoms with Crippen LogP contribution in [0.25, 0.3) is 0 Å². The Bertz CT molecular complexity index is 468. The summed E-state index contributed by atoms with van der Waals surface area (Å²) in [6.45, 7) is 5.27. The zero-order valence-corrected chi connectivity index (χ0v) is 11.1. The van der Waals surface area contributed by atoms with E-state index in [2.05, 4.69) is 39.5 Å². The lowest BCUT2D eigenvalue weighted by Gasteiger charge is -2.18. The maximum absolute atomic E-state index is 10.3. The second-order valence-electron chi connectivity index (χ2n) is 4.65. The van der Waals surface area contributed by atoms with E-state index in [1.165, 1.54) is 5.56 Å². The maximum Gasteiger partial charge on any atom is 0.404 e. The summed E-state index contributed by atoms with van der Waals surface area (Å²) < 4.78 is 0. The molecule has 1 aromatic carbocycles. The van der Waals surface area contributed by atoms with Crippen LogP contribution < -0.4 is 5.32 Å². The third-order valence-electron chi connectivity index (χ3n) is 3.25. The van der Waals surface area contributed by atoms with Gasteiger partial charge in [-0.25, -0.2) is 4.79 Å². The molecule has 0 spiro atoms. The topological polar surface area (TPSA) is 64.9 Å². The lowest BCUT2D eigenvalue weighted by Crippen LogP contribution is -2.25. The summed E-state index contributed by atoms with van der Waals surface area (Å²) in [6.07, 6.45) is -0.253. The SMILES string of the molecule is CC1=NCCN1Cc1ccc(CCNC(=O)O)cc1. The lowest BCUT2D eigenvalue weighted by molar-refractivity contribution is 0.194. The van der Waals surface area contributed by atoms with Crippen molar-refractivity contribution in [2.45, 2.75) is 19.9 Å². The Morgan fingerprint density at radius 2 is 2.05 bits per heavy atom. The summed E-state index contributed by atoms with van der Waals surface area (Å²) in [5.74, 6) is 1.11. The molecule has 19 heavy (non-hydrogen) atoms. The molecule has 5 nitrogen and oxygen atoms in total. The van der Waals surface area contributed by atoms with Crippen LogP contribution in [0.1, 0.15) is 18.1 Å². The smallest absolute Gasteiger partial charge is 0.404 e. The molecule has 0 unspecified atom stereocenters. The van der Waals surface area contributed by atoms with E-state index in [1.54, 1.807) is 0 Å². The van der Waals surface area contributed by atoms with Crippen molar-refractivity contribution in [3.8, 4) is 0 Å². The van der Waals surface area contributed by atoms with Crippen molar-refractivity contribution in [3.63, 3.8) is 0 Å². The number of carbonyl (C=O) groups is 1. The van der Waals surface area contributed by atoms with Crippen LogP contribution in [0.4, 0.5) is 4.79 Å². The molecule has 5 heteroatoms. The quantitative estimate of drug-likeness (QED) is 0.848. The van der Waals surface area contributed by atoms with Crippen molar-refractivity contribution in [1.82, 2.24) is 10.2 Å². The fraction of sp³-hybridized carbons (Fsp3) is 0.429. The van der Waals surface area contributed by atoms with Gasteiger partial charge in [0.25, 0.3) is 0 Å². The standard InChI is InChI=1S/C14H19N3O2/c1-11-15-8-9-17(11)10-13-4-2-12(3-5-13)6-7-16-14(18)19/h2-5,16H,6-10H2,1H3,(H,18,19). The normalized spacial score (nSPS) is 14.4. The Hall–Kier alpha value is -2.04. The van der Waals surface area contributed by atoms with Crippen LogP contribution in [-0.2, 0) is 13.0 Å². The summed E-state index contributed by atoms with van der Waals surface area (Å²) in [4.78, 5) is 17.0. The third-order valence-corrected chi connectivity index (χ3v) is 3.25. The van der Waals surface area contributed by atoms with Gasteiger partial charge < -0.3 is 15.3 Å². The van der Waals surface area contributed by atoms with Crippen molar-refractivity contribution in [1.29, 1.82) is 0 Å². The Labute approximate surface area is 113 Å². The molecule has 0 saturated carbocycles. The van der Waals surface area contributed by atoms with Gasteiger partial charge in [0.15, 0.2) is 0 Å². The van der Waals surface area contributed by atoms with E-state index in [0.29, 0.717) is 6.54 Å². The van der Waals surface area contributed by atoms with E-state index in [1.807, 2.05) is 6.92 Å². The molecule has 1 aliphatic heterocycles. The van der Waals surface area contributed by atoms with Crippen LogP contribution in [0.5, 0.6) is 0 Å². The summed E-state index contributed by atoms with van der Waals surface area (Å²) >= 11 is 0. The minimum absolute atomic E-state index is 0.451. The van der Waals surface area contributed by atoms with Crippen LogP contribution in [0.2, 0.25) is 0 Å². The molecule has 1 heterocycles. The van der Waals surface area contributed by atoms with Crippen LogP contribution in [0, 0.1) is 0 Å². The molecule has 0 fully saturated rings. The van der Waals surface area contributed by atoms with Crippen LogP contribution >= 0.6 is 0 Å². The number of hydrogen-bond acceptors (Lipinski definition) is 3. The summed E-state index contributed by atoms with van der Waals surface area (Å²) in [7, 11) is 0. The van der Waals surface area contributed by atoms with E-state index < -0.39 is 6.09 Å². The Kier molecular flexibility index (Phi) is 4.39. The molecule has 2 rings (SSSR count).